The number of carboxylic acids is 1. The van der Waals surface area contributed by atoms with Crippen LogP contribution in [0.15, 0.2) is 18.2 Å². The predicted molar refractivity (Wildman–Crippen MR) is 78.9 cm³/mol. The van der Waals surface area contributed by atoms with Crippen molar-refractivity contribution >= 4 is 29.6 Å². The number of benzene rings is 1. The van der Waals surface area contributed by atoms with Crippen molar-refractivity contribution in [3.63, 3.8) is 0 Å². The fraction of sp³-hybridized carbons (Fsp3) is 0.417. The van der Waals surface area contributed by atoms with Crippen LogP contribution in [-0.4, -0.2) is 32.1 Å². The van der Waals surface area contributed by atoms with Crippen LogP contribution in [0, 0.1) is 0 Å². The van der Waals surface area contributed by atoms with E-state index in [1.54, 1.807) is 12.1 Å². The van der Waals surface area contributed by atoms with Crippen LogP contribution in [0.3, 0.4) is 0 Å². The summed E-state index contributed by atoms with van der Waals surface area (Å²) in [7, 11) is -6.93. The van der Waals surface area contributed by atoms with Crippen molar-refractivity contribution in [3.05, 3.63) is 23.8 Å². The van der Waals surface area contributed by atoms with E-state index in [1.807, 2.05) is 26.9 Å². The largest absolute Gasteiger partial charge is 1.00 e. The molecule has 0 aliphatic rings. The van der Waals surface area contributed by atoms with Crippen LogP contribution in [-0.2, 0) is 10.4 Å². The van der Waals surface area contributed by atoms with Gasteiger partial charge < -0.3 is 10.7 Å². The molecule has 0 spiro atoms. The van der Waals surface area contributed by atoms with Gasteiger partial charge in [-0.25, -0.2) is 4.79 Å². The fourth-order valence-electron chi connectivity index (χ4n) is 1.72. The van der Waals surface area contributed by atoms with Crippen LogP contribution in [0.1, 0.15) is 25.6 Å². The van der Waals surface area contributed by atoms with Gasteiger partial charge in [-0.1, -0.05) is 39.1 Å². The van der Waals surface area contributed by atoms with Gasteiger partial charge in [0.25, 0.3) is 0 Å². The van der Waals surface area contributed by atoms with Crippen molar-refractivity contribution in [2.75, 3.05) is 0 Å². The van der Waals surface area contributed by atoms with Crippen LogP contribution in [0.4, 0.5) is 0 Å². The molecule has 0 aromatic heterocycles. The van der Waals surface area contributed by atoms with Crippen molar-refractivity contribution in [1.29, 1.82) is 0 Å². The normalized spacial score (nSPS) is 11.9. The molecule has 0 heterocycles. The molecule has 21 heavy (non-hydrogen) atoms. The minimum Gasteiger partial charge on any atom is -1.00 e. The maximum absolute atomic E-state index is 11.2. The summed E-state index contributed by atoms with van der Waals surface area (Å²) in [6, 6.07) is 4.45. The van der Waals surface area contributed by atoms with Gasteiger partial charge in [-0.15, -0.1) is 0 Å². The molecule has 0 radical (unpaired) electrons. The summed E-state index contributed by atoms with van der Waals surface area (Å²) in [6.07, 6.45) is 0. The van der Waals surface area contributed by atoms with E-state index in [9.17, 15) is 13.2 Å². The second kappa shape index (κ2) is 6.98. The van der Waals surface area contributed by atoms with Crippen LogP contribution in [0.25, 0.3) is 0 Å². The molecule has 2 N–H and O–H groups in total. The van der Waals surface area contributed by atoms with E-state index in [-0.39, 0.29) is 37.1 Å². The maximum atomic E-state index is 11.2. The quantitative estimate of drug-likeness (QED) is 0.532. The van der Waals surface area contributed by atoms with E-state index < -0.39 is 24.4 Å². The Balaban J connectivity index is 0. The average molecular weight is 326 g/mol. The Morgan fingerprint density at radius 1 is 1.33 bits per heavy atom. The molecule has 0 fully saturated rings. The van der Waals surface area contributed by atoms with E-state index in [0.29, 0.717) is 5.19 Å². The predicted octanol–water partition coefficient (Wildman–Crippen LogP) is -0.992. The van der Waals surface area contributed by atoms with E-state index in [2.05, 4.69) is 4.18 Å². The number of carbonyl (C=O) groups is 1. The van der Waals surface area contributed by atoms with Gasteiger partial charge in [-0.3, -0.25) is 4.55 Å². The Labute approximate surface area is 139 Å². The minimum atomic E-state index is -4.78. The van der Waals surface area contributed by atoms with Gasteiger partial charge in [-0.2, -0.15) is 8.42 Å². The Kier molecular flexibility index (Phi) is 6.72. The van der Waals surface area contributed by atoms with Crippen molar-refractivity contribution in [2.24, 2.45) is 0 Å². The summed E-state index contributed by atoms with van der Waals surface area (Å²) in [5.41, 5.74) is -0.0448. The Morgan fingerprint density at radius 2 is 1.86 bits per heavy atom. The smallest absolute Gasteiger partial charge is 1.00 e. The van der Waals surface area contributed by atoms with Crippen LogP contribution < -0.4 is 28.2 Å². The number of aromatic carboxylic acids is 1. The van der Waals surface area contributed by atoms with E-state index >= 15 is 0 Å². The number of para-hydroxylation sites is 1. The van der Waals surface area contributed by atoms with Gasteiger partial charge in [0.1, 0.15) is 5.56 Å². The molecule has 1 rings (SSSR count). The van der Waals surface area contributed by atoms with Gasteiger partial charge >= 0.3 is 35.2 Å². The zero-order valence-corrected chi connectivity index (χ0v) is 14.6. The second-order valence-corrected chi connectivity index (χ2v) is 11.5. The molecule has 0 atom stereocenters. The van der Waals surface area contributed by atoms with Gasteiger partial charge in [0.15, 0.2) is 5.75 Å². The van der Waals surface area contributed by atoms with Crippen LogP contribution in [0.2, 0.25) is 18.6 Å². The molecule has 0 saturated carbocycles. The summed E-state index contributed by atoms with van der Waals surface area (Å²) in [5, 5.41) is 9.70. The Bertz CT molecular complexity index is 633. The number of hydrogen-bond acceptors (Lipinski definition) is 4. The van der Waals surface area contributed by atoms with Gasteiger partial charge in [0.05, 0.1) is 8.07 Å². The first-order valence-electron chi connectivity index (χ1n) is 6.00. The minimum absolute atomic E-state index is 0. The van der Waals surface area contributed by atoms with Crippen molar-refractivity contribution in [2.45, 2.75) is 32.5 Å². The van der Waals surface area contributed by atoms with Crippen LogP contribution >= 0.6 is 0 Å². The Morgan fingerprint density at radius 3 is 2.24 bits per heavy atom. The monoisotopic (exact) mass is 326 g/mol. The van der Waals surface area contributed by atoms with E-state index in [4.69, 9.17) is 9.66 Å². The molecule has 0 saturated heterocycles. The average Bonchev–Trinajstić information content (AvgIpc) is 2.26. The fourth-order valence-corrected chi connectivity index (χ4v) is 4.10. The van der Waals surface area contributed by atoms with Gasteiger partial charge in [-0.05, 0) is 16.8 Å². The summed E-state index contributed by atoms with van der Waals surface area (Å²) in [6.45, 7) is 7.93. The first-order chi connectivity index (χ1) is 8.97. The summed E-state index contributed by atoms with van der Waals surface area (Å²) in [5.74, 6) is -1.59. The first-order valence-corrected chi connectivity index (χ1v) is 10.4. The van der Waals surface area contributed by atoms with Gasteiger partial charge in [0.2, 0.25) is 0 Å². The molecule has 0 amide bonds. The zero-order chi connectivity index (χ0) is 15.7. The third kappa shape index (κ3) is 4.86. The van der Waals surface area contributed by atoms with E-state index in [1.165, 1.54) is 6.07 Å². The second-order valence-electron chi connectivity index (χ2n) is 5.37. The van der Waals surface area contributed by atoms with Crippen LogP contribution in [0.5, 0.6) is 5.75 Å². The maximum Gasteiger partial charge on any atom is 1.00 e. The topological polar surface area (TPSA) is 101 Å². The zero-order valence-electron chi connectivity index (χ0n) is 13.7. The molecule has 9 heteroatoms. The van der Waals surface area contributed by atoms with Gasteiger partial charge in [0, 0.05) is 0 Å². The molecular formula is C12H19LiO6SSi. The molecule has 114 valence electrons. The van der Waals surface area contributed by atoms with Crippen molar-refractivity contribution in [3.8, 4) is 5.75 Å². The molecule has 1 aromatic carbocycles. The SMILES string of the molecule is CC(C)[Si](C)(C)c1cccc(C(=O)O)c1OS(=O)(=O)O.[H-].[Li+]. The number of hydrogen-bond donors (Lipinski definition) is 2. The molecule has 0 aliphatic heterocycles. The van der Waals surface area contributed by atoms with E-state index in [0.717, 1.165) is 0 Å². The first kappa shape index (κ1) is 20.2. The molecule has 1 aromatic rings. The molecule has 0 bridgehead atoms. The summed E-state index contributed by atoms with van der Waals surface area (Å²) >= 11 is 0. The standard InChI is InChI=1S/C12H18O6SSi.Li.H/c1-8(2)20(3,4)10-7-5-6-9(12(13)14)11(10)18-19(15,16)17;;/h5-8H,1-4H3,(H,13,14)(H,15,16,17);;/q;+1;-1. The summed E-state index contributed by atoms with van der Waals surface area (Å²) < 4.78 is 35.4. The molecule has 6 nitrogen and oxygen atoms in total. The number of carboxylic acid groups (broad SMARTS) is 1. The third-order valence-corrected chi connectivity index (χ3v) is 8.62. The number of rotatable bonds is 5. The molecular weight excluding hydrogens is 307 g/mol. The molecule has 0 aliphatic carbocycles. The Hall–Kier alpha value is -0.786. The summed E-state index contributed by atoms with van der Waals surface area (Å²) in [4.78, 5) is 11.2. The molecule has 0 unspecified atom stereocenters. The van der Waals surface area contributed by atoms with Crippen molar-refractivity contribution in [1.82, 2.24) is 0 Å². The third-order valence-electron chi connectivity index (χ3n) is 3.57. The van der Waals surface area contributed by atoms with Crippen molar-refractivity contribution < 1.29 is 47.3 Å².